The molecule has 2 aliphatic rings. The highest BCUT2D eigenvalue weighted by atomic mass is 19.1. The van der Waals surface area contributed by atoms with Gasteiger partial charge in [0, 0.05) is 49.9 Å². The molecule has 1 aromatic carbocycles. The van der Waals surface area contributed by atoms with Crippen LogP contribution in [-0.4, -0.2) is 44.4 Å². The standard InChI is InChI=1S/C28H35FN6O/c1-5-21-16-35(25-14-27(36)32(4)26-17-33(12-11-30)31-28(25)26)22(6-2)15-34(21)18(3)23-10-9-20(13-24(23)29)19-7-8-19/h9-10,13-14,17-19,21-22H,5-8,12,15-16H2,1-4H3/t18-,21-,22+/m1/s1. The van der Waals surface area contributed by atoms with Crippen LogP contribution < -0.4 is 10.5 Å². The molecule has 3 heterocycles. The maximum atomic E-state index is 15.2. The highest BCUT2D eigenvalue weighted by molar-refractivity contribution is 5.88. The Hall–Kier alpha value is -3.18. The third-order valence-corrected chi connectivity index (χ3v) is 8.18. The molecule has 1 aliphatic carbocycles. The average molecular weight is 491 g/mol. The first kappa shape index (κ1) is 24.5. The molecule has 36 heavy (non-hydrogen) atoms. The van der Waals surface area contributed by atoms with Crippen molar-refractivity contribution < 1.29 is 4.39 Å². The van der Waals surface area contributed by atoms with Crippen molar-refractivity contribution in [1.29, 1.82) is 5.26 Å². The fourth-order valence-corrected chi connectivity index (χ4v) is 5.80. The van der Waals surface area contributed by atoms with Gasteiger partial charge in [0.25, 0.3) is 5.56 Å². The van der Waals surface area contributed by atoms with Gasteiger partial charge in [-0.15, -0.1) is 0 Å². The molecule has 190 valence electrons. The van der Waals surface area contributed by atoms with Crippen molar-refractivity contribution in [1.82, 2.24) is 19.2 Å². The van der Waals surface area contributed by atoms with Gasteiger partial charge in [-0.2, -0.15) is 10.4 Å². The summed E-state index contributed by atoms with van der Waals surface area (Å²) in [7, 11) is 1.74. The number of nitriles is 1. The molecular formula is C28H35FN6O. The smallest absolute Gasteiger partial charge is 0.252 e. The first-order chi connectivity index (χ1) is 17.4. The number of aryl methyl sites for hydroxylation is 1. The highest BCUT2D eigenvalue weighted by Crippen LogP contribution is 2.41. The molecule has 1 aliphatic heterocycles. The van der Waals surface area contributed by atoms with Gasteiger partial charge in [0.05, 0.1) is 23.5 Å². The minimum Gasteiger partial charge on any atom is -0.364 e. The Morgan fingerprint density at radius 2 is 1.92 bits per heavy atom. The molecule has 0 unspecified atom stereocenters. The van der Waals surface area contributed by atoms with Crippen molar-refractivity contribution in [3.05, 3.63) is 57.8 Å². The number of benzene rings is 1. The molecule has 5 rings (SSSR count). The molecule has 0 radical (unpaired) electrons. The second kappa shape index (κ2) is 9.70. The zero-order chi connectivity index (χ0) is 25.6. The van der Waals surface area contributed by atoms with E-state index in [-0.39, 0.29) is 36.0 Å². The van der Waals surface area contributed by atoms with E-state index in [2.05, 4.69) is 47.8 Å². The number of pyridine rings is 1. The normalized spacial score (nSPS) is 21.6. The predicted octanol–water partition coefficient (Wildman–Crippen LogP) is 4.72. The summed E-state index contributed by atoms with van der Waals surface area (Å²) in [4.78, 5) is 17.6. The Morgan fingerprint density at radius 3 is 2.56 bits per heavy atom. The monoisotopic (exact) mass is 490 g/mol. The Balaban J connectivity index is 1.48. The number of piperazine rings is 1. The number of aromatic nitrogens is 3. The van der Waals surface area contributed by atoms with Crippen LogP contribution in [0.4, 0.5) is 10.1 Å². The zero-order valence-corrected chi connectivity index (χ0v) is 21.6. The van der Waals surface area contributed by atoms with Crippen LogP contribution in [0.5, 0.6) is 0 Å². The van der Waals surface area contributed by atoms with Crippen molar-refractivity contribution in [2.45, 2.75) is 77.0 Å². The summed E-state index contributed by atoms with van der Waals surface area (Å²) in [6.07, 6.45) is 5.90. The first-order valence-electron chi connectivity index (χ1n) is 13.1. The third kappa shape index (κ3) is 4.30. The minimum atomic E-state index is -0.103. The van der Waals surface area contributed by atoms with Gasteiger partial charge in [-0.1, -0.05) is 26.0 Å². The van der Waals surface area contributed by atoms with Crippen LogP contribution in [0.25, 0.3) is 11.0 Å². The van der Waals surface area contributed by atoms with Crippen LogP contribution in [0.3, 0.4) is 0 Å². The van der Waals surface area contributed by atoms with E-state index in [0.717, 1.165) is 66.6 Å². The SMILES string of the molecule is CC[C@H]1CN([C@H](C)c2ccc(C3CC3)cc2F)[C@H](CC)CN1c1cc(=O)n(C)c2cn(CC#N)nc12. The van der Waals surface area contributed by atoms with E-state index >= 15 is 4.39 Å². The highest BCUT2D eigenvalue weighted by Gasteiger charge is 2.37. The summed E-state index contributed by atoms with van der Waals surface area (Å²) < 4.78 is 18.4. The topological polar surface area (TPSA) is 70.1 Å². The van der Waals surface area contributed by atoms with Gasteiger partial charge >= 0.3 is 0 Å². The summed E-state index contributed by atoms with van der Waals surface area (Å²) in [6, 6.07) is 9.95. The minimum absolute atomic E-state index is 0.0436. The number of nitrogens with zero attached hydrogens (tertiary/aromatic N) is 6. The Kier molecular flexibility index (Phi) is 6.60. The average Bonchev–Trinajstić information content (AvgIpc) is 3.65. The lowest BCUT2D eigenvalue weighted by Gasteiger charge is -2.49. The Morgan fingerprint density at radius 1 is 1.17 bits per heavy atom. The fraction of sp³-hybridized carbons (Fsp3) is 0.536. The molecule has 1 saturated carbocycles. The molecule has 3 aromatic rings. The van der Waals surface area contributed by atoms with Crippen LogP contribution in [0, 0.1) is 17.1 Å². The van der Waals surface area contributed by atoms with Crippen LogP contribution >= 0.6 is 0 Å². The van der Waals surface area contributed by atoms with Gasteiger partial charge in [-0.3, -0.25) is 14.4 Å². The molecule has 1 saturated heterocycles. The summed E-state index contributed by atoms with van der Waals surface area (Å²) >= 11 is 0. The van der Waals surface area contributed by atoms with E-state index in [1.165, 1.54) is 0 Å². The van der Waals surface area contributed by atoms with Crippen LogP contribution in [0.2, 0.25) is 0 Å². The molecule has 0 amide bonds. The molecule has 7 nitrogen and oxygen atoms in total. The fourth-order valence-electron chi connectivity index (χ4n) is 5.80. The summed E-state index contributed by atoms with van der Waals surface area (Å²) in [5, 5.41) is 13.8. The van der Waals surface area contributed by atoms with E-state index < -0.39 is 0 Å². The molecule has 2 fully saturated rings. The van der Waals surface area contributed by atoms with Crippen molar-refractivity contribution in [3.8, 4) is 6.07 Å². The lowest BCUT2D eigenvalue weighted by atomic mass is 9.95. The summed E-state index contributed by atoms with van der Waals surface area (Å²) in [5.74, 6) is 0.431. The molecule has 2 aromatic heterocycles. The van der Waals surface area contributed by atoms with Crippen molar-refractivity contribution in [2.24, 2.45) is 7.05 Å². The van der Waals surface area contributed by atoms with E-state index in [9.17, 15) is 4.79 Å². The number of halogens is 1. The lowest BCUT2D eigenvalue weighted by molar-refractivity contribution is 0.0993. The Labute approximate surface area is 211 Å². The number of rotatable bonds is 7. The number of fused-ring (bicyclic) bond motifs is 1. The van der Waals surface area contributed by atoms with Crippen molar-refractivity contribution in [2.75, 3.05) is 18.0 Å². The van der Waals surface area contributed by atoms with E-state index in [4.69, 9.17) is 5.26 Å². The number of hydrogen-bond donors (Lipinski definition) is 0. The van der Waals surface area contributed by atoms with Gasteiger partial charge in [0.15, 0.2) is 0 Å². The predicted molar refractivity (Wildman–Crippen MR) is 140 cm³/mol. The maximum absolute atomic E-state index is 15.2. The second-order valence-corrected chi connectivity index (χ2v) is 10.3. The zero-order valence-electron chi connectivity index (χ0n) is 21.6. The van der Waals surface area contributed by atoms with E-state index in [0.29, 0.717) is 5.92 Å². The number of hydrogen-bond acceptors (Lipinski definition) is 5. The van der Waals surface area contributed by atoms with Gasteiger partial charge in [-0.25, -0.2) is 4.39 Å². The maximum Gasteiger partial charge on any atom is 0.252 e. The summed E-state index contributed by atoms with van der Waals surface area (Å²) in [5.41, 5.74) is 4.07. The molecule has 8 heteroatoms. The van der Waals surface area contributed by atoms with Gasteiger partial charge in [0.1, 0.15) is 17.9 Å². The third-order valence-electron chi connectivity index (χ3n) is 8.18. The van der Waals surface area contributed by atoms with E-state index in [1.807, 2.05) is 6.07 Å². The first-order valence-corrected chi connectivity index (χ1v) is 13.1. The molecule has 3 atom stereocenters. The van der Waals surface area contributed by atoms with Crippen molar-refractivity contribution in [3.63, 3.8) is 0 Å². The molecular weight excluding hydrogens is 455 g/mol. The Bertz CT molecular complexity index is 1370. The van der Waals surface area contributed by atoms with Gasteiger partial charge in [-0.05, 0) is 50.2 Å². The van der Waals surface area contributed by atoms with Crippen LogP contribution in [0.1, 0.15) is 69.5 Å². The van der Waals surface area contributed by atoms with Crippen LogP contribution in [-0.2, 0) is 13.6 Å². The second-order valence-electron chi connectivity index (χ2n) is 10.3. The molecule has 0 N–H and O–H groups in total. The molecule has 0 spiro atoms. The quantitative estimate of drug-likeness (QED) is 0.480. The van der Waals surface area contributed by atoms with Crippen molar-refractivity contribution >= 4 is 16.7 Å². The molecule has 0 bridgehead atoms. The van der Waals surface area contributed by atoms with Gasteiger partial charge < -0.3 is 9.47 Å². The van der Waals surface area contributed by atoms with Crippen LogP contribution in [0.15, 0.2) is 35.3 Å². The van der Waals surface area contributed by atoms with Gasteiger partial charge in [0.2, 0.25) is 0 Å². The summed E-state index contributed by atoms with van der Waals surface area (Å²) in [6.45, 7) is 8.07. The lowest BCUT2D eigenvalue weighted by Crippen LogP contribution is -2.59. The largest absolute Gasteiger partial charge is 0.364 e. The van der Waals surface area contributed by atoms with E-state index in [1.54, 1.807) is 34.6 Å². The number of anilines is 1.